The van der Waals surface area contributed by atoms with E-state index in [2.05, 4.69) is 42.0 Å². The molecule has 1 aliphatic heterocycles. The van der Waals surface area contributed by atoms with Gasteiger partial charge in [-0.1, -0.05) is 6.07 Å². The van der Waals surface area contributed by atoms with Crippen molar-refractivity contribution in [2.45, 2.75) is 25.8 Å². The number of anilines is 3. The number of aromatic nitrogens is 3. The van der Waals surface area contributed by atoms with E-state index in [1.807, 2.05) is 6.07 Å². The van der Waals surface area contributed by atoms with Crippen LogP contribution in [0.25, 0.3) is 0 Å². The predicted octanol–water partition coefficient (Wildman–Crippen LogP) is 1.82. The molecule has 4 N–H and O–H groups in total. The highest BCUT2D eigenvalue weighted by atomic mass is 32.1. The number of rotatable bonds is 5. The van der Waals surface area contributed by atoms with Crippen LogP contribution in [0, 0.1) is 0 Å². The Morgan fingerprint density at radius 3 is 2.67 bits per heavy atom. The number of hydrogen-bond donors (Lipinski definition) is 3. The molecule has 0 bridgehead atoms. The number of nitrogen functional groups attached to an aromatic ring is 1. The maximum absolute atomic E-state index is 5.46. The Morgan fingerprint density at radius 1 is 1.14 bits per heavy atom. The fraction of sp³-hybridized carbons (Fsp3) is 0.462. The van der Waals surface area contributed by atoms with Gasteiger partial charge in [-0.15, -0.1) is 11.3 Å². The number of nitrogens with two attached hydrogens (primary N) is 1. The quantitative estimate of drug-likeness (QED) is 0.573. The molecule has 21 heavy (non-hydrogen) atoms. The highest BCUT2D eigenvalue weighted by Crippen LogP contribution is 2.19. The van der Waals surface area contributed by atoms with Crippen LogP contribution in [0.3, 0.4) is 0 Å². The first kappa shape index (κ1) is 14.0. The smallest absolute Gasteiger partial charge is 0.243 e. The van der Waals surface area contributed by atoms with Crippen LogP contribution in [-0.4, -0.2) is 28.0 Å². The van der Waals surface area contributed by atoms with Gasteiger partial charge < -0.3 is 10.2 Å². The summed E-state index contributed by atoms with van der Waals surface area (Å²) in [6.45, 7) is 2.67. The number of nitrogens with one attached hydrogen (secondary N) is 2. The van der Waals surface area contributed by atoms with Crippen LogP contribution in [0.15, 0.2) is 17.5 Å². The zero-order chi connectivity index (χ0) is 14.5. The fourth-order valence-corrected chi connectivity index (χ4v) is 2.97. The van der Waals surface area contributed by atoms with Gasteiger partial charge in [-0.05, 0) is 30.7 Å². The average molecular weight is 305 g/mol. The summed E-state index contributed by atoms with van der Waals surface area (Å²) >= 11 is 1.70. The Labute approximate surface area is 127 Å². The van der Waals surface area contributed by atoms with Gasteiger partial charge in [0.25, 0.3) is 0 Å². The fourth-order valence-electron chi connectivity index (χ4n) is 2.32. The maximum atomic E-state index is 5.46. The number of hydrazine groups is 1. The van der Waals surface area contributed by atoms with Crippen molar-refractivity contribution in [1.82, 2.24) is 15.0 Å². The second-order valence-electron chi connectivity index (χ2n) is 4.91. The minimum Gasteiger partial charge on any atom is -0.349 e. The topological polar surface area (TPSA) is 92.0 Å². The number of hydrogen-bond acceptors (Lipinski definition) is 8. The molecule has 0 aliphatic carbocycles. The molecule has 2 aromatic heterocycles. The van der Waals surface area contributed by atoms with Gasteiger partial charge in [0.1, 0.15) is 0 Å². The summed E-state index contributed by atoms with van der Waals surface area (Å²) in [7, 11) is 0. The number of piperidine rings is 1. The third-order valence-electron chi connectivity index (χ3n) is 3.39. The first-order chi connectivity index (χ1) is 10.3. The van der Waals surface area contributed by atoms with Crippen LogP contribution >= 0.6 is 11.3 Å². The third-order valence-corrected chi connectivity index (χ3v) is 4.27. The molecule has 8 heteroatoms. The molecule has 0 aromatic carbocycles. The van der Waals surface area contributed by atoms with E-state index >= 15 is 0 Å². The number of nitrogens with zero attached hydrogens (tertiary/aromatic N) is 4. The Morgan fingerprint density at radius 2 is 1.95 bits per heavy atom. The van der Waals surface area contributed by atoms with Crippen molar-refractivity contribution in [3.05, 3.63) is 22.4 Å². The van der Waals surface area contributed by atoms with Crippen molar-refractivity contribution in [3.63, 3.8) is 0 Å². The van der Waals surface area contributed by atoms with E-state index in [-0.39, 0.29) is 0 Å². The monoisotopic (exact) mass is 305 g/mol. The van der Waals surface area contributed by atoms with E-state index in [1.54, 1.807) is 11.3 Å². The van der Waals surface area contributed by atoms with Crippen LogP contribution in [0.2, 0.25) is 0 Å². The Kier molecular flexibility index (Phi) is 4.46. The van der Waals surface area contributed by atoms with Gasteiger partial charge in [-0.3, -0.25) is 5.43 Å². The van der Waals surface area contributed by atoms with Crippen molar-refractivity contribution in [2.24, 2.45) is 5.84 Å². The van der Waals surface area contributed by atoms with Gasteiger partial charge in [-0.2, -0.15) is 15.0 Å². The Hall–Kier alpha value is -1.93. The molecule has 0 amide bonds. The zero-order valence-electron chi connectivity index (χ0n) is 11.7. The zero-order valence-corrected chi connectivity index (χ0v) is 12.6. The summed E-state index contributed by atoms with van der Waals surface area (Å²) in [5.74, 6) is 7.08. The molecule has 3 heterocycles. The molecule has 0 saturated carbocycles. The molecule has 7 nitrogen and oxygen atoms in total. The van der Waals surface area contributed by atoms with E-state index in [9.17, 15) is 0 Å². The molecule has 112 valence electrons. The van der Waals surface area contributed by atoms with E-state index in [1.165, 1.54) is 24.1 Å². The second kappa shape index (κ2) is 6.68. The summed E-state index contributed by atoms with van der Waals surface area (Å²) < 4.78 is 0. The lowest BCUT2D eigenvalue weighted by Gasteiger charge is -2.26. The minimum atomic E-state index is 0.388. The molecule has 0 radical (unpaired) electrons. The molecule has 1 fully saturated rings. The lowest BCUT2D eigenvalue weighted by molar-refractivity contribution is 0.568. The SMILES string of the molecule is NNc1nc(NCc2cccs2)nc(N2CCCCC2)n1. The van der Waals surface area contributed by atoms with Gasteiger partial charge in [0.15, 0.2) is 0 Å². The molecule has 0 unspecified atom stereocenters. The van der Waals surface area contributed by atoms with Gasteiger partial charge >= 0.3 is 0 Å². The Bertz CT molecular complexity index is 566. The van der Waals surface area contributed by atoms with Gasteiger partial charge in [0, 0.05) is 18.0 Å². The third kappa shape index (κ3) is 3.59. The van der Waals surface area contributed by atoms with Crippen LogP contribution in [-0.2, 0) is 6.54 Å². The van der Waals surface area contributed by atoms with Crippen molar-refractivity contribution in [2.75, 3.05) is 28.7 Å². The van der Waals surface area contributed by atoms with E-state index in [0.29, 0.717) is 24.4 Å². The van der Waals surface area contributed by atoms with Crippen molar-refractivity contribution < 1.29 is 0 Å². The molecule has 2 aromatic rings. The minimum absolute atomic E-state index is 0.388. The molecular formula is C13H19N7S. The molecule has 0 atom stereocenters. The molecular weight excluding hydrogens is 286 g/mol. The molecule has 3 rings (SSSR count). The van der Waals surface area contributed by atoms with E-state index < -0.39 is 0 Å². The lowest BCUT2D eigenvalue weighted by atomic mass is 10.1. The van der Waals surface area contributed by atoms with E-state index in [4.69, 9.17) is 5.84 Å². The maximum Gasteiger partial charge on any atom is 0.243 e. The average Bonchev–Trinajstić information content (AvgIpc) is 3.07. The van der Waals surface area contributed by atoms with Crippen molar-refractivity contribution in [3.8, 4) is 0 Å². The largest absolute Gasteiger partial charge is 0.349 e. The number of thiophene rings is 1. The van der Waals surface area contributed by atoms with Crippen LogP contribution in [0.1, 0.15) is 24.1 Å². The van der Waals surface area contributed by atoms with Crippen LogP contribution in [0.5, 0.6) is 0 Å². The predicted molar refractivity (Wildman–Crippen MR) is 85.3 cm³/mol. The summed E-state index contributed by atoms with van der Waals surface area (Å²) in [6.07, 6.45) is 3.62. The normalized spacial score (nSPS) is 15.0. The molecule has 0 spiro atoms. The molecule has 1 aliphatic rings. The van der Waals surface area contributed by atoms with Crippen LogP contribution in [0.4, 0.5) is 17.8 Å². The van der Waals surface area contributed by atoms with E-state index in [0.717, 1.165) is 13.1 Å². The van der Waals surface area contributed by atoms with Crippen LogP contribution < -0.4 is 21.5 Å². The van der Waals surface area contributed by atoms with Crippen molar-refractivity contribution in [1.29, 1.82) is 0 Å². The standard InChI is InChI=1S/C13H19N7S/c14-19-12-16-11(15-9-10-5-4-8-21-10)17-13(18-12)20-6-2-1-3-7-20/h4-5,8H,1-3,6-7,9,14H2,(H2,15,16,17,18,19). The second-order valence-corrected chi connectivity index (χ2v) is 5.94. The molecule has 1 saturated heterocycles. The first-order valence-corrected chi connectivity index (χ1v) is 7.97. The highest BCUT2D eigenvalue weighted by molar-refractivity contribution is 7.09. The summed E-state index contributed by atoms with van der Waals surface area (Å²) in [5.41, 5.74) is 2.51. The van der Waals surface area contributed by atoms with Gasteiger partial charge in [-0.25, -0.2) is 5.84 Å². The first-order valence-electron chi connectivity index (χ1n) is 7.09. The van der Waals surface area contributed by atoms with Crippen molar-refractivity contribution >= 4 is 29.2 Å². The summed E-state index contributed by atoms with van der Waals surface area (Å²) in [4.78, 5) is 16.5. The lowest BCUT2D eigenvalue weighted by Crippen LogP contribution is -2.31. The van der Waals surface area contributed by atoms with Gasteiger partial charge in [0.05, 0.1) is 6.54 Å². The Balaban J connectivity index is 1.75. The summed E-state index contributed by atoms with van der Waals surface area (Å²) in [6, 6.07) is 4.10. The summed E-state index contributed by atoms with van der Waals surface area (Å²) in [5, 5.41) is 5.28. The van der Waals surface area contributed by atoms with Gasteiger partial charge in [0.2, 0.25) is 17.8 Å². The highest BCUT2D eigenvalue weighted by Gasteiger charge is 2.16.